The molecule has 0 aliphatic carbocycles. The molecule has 0 spiro atoms. The van der Waals surface area contributed by atoms with Crippen molar-refractivity contribution in [3.63, 3.8) is 0 Å². The number of para-hydroxylation sites is 2. The van der Waals surface area contributed by atoms with Gasteiger partial charge in [-0.3, -0.25) is 0 Å². The Labute approximate surface area is 188 Å². The van der Waals surface area contributed by atoms with Crippen LogP contribution in [0.1, 0.15) is 24.7 Å². The number of ether oxygens (including phenoxy) is 1. The molecule has 1 saturated heterocycles. The maximum absolute atomic E-state index is 10.5. The number of oxazole rings is 1. The summed E-state index contributed by atoms with van der Waals surface area (Å²) in [6.45, 7) is 2.75. The first-order valence-corrected chi connectivity index (χ1v) is 11.3. The second-order valence-corrected chi connectivity index (χ2v) is 8.45. The summed E-state index contributed by atoms with van der Waals surface area (Å²) >= 11 is 0. The Kier molecular flexibility index (Phi) is 6.19. The van der Waals surface area contributed by atoms with Crippen LogP contribution in [-0.2, 0) is 0 Å². The van der Waals surface area contributed by atoms with E-state index in [-0.39, 0.29) is 6.61 Å². The molecule has 1 fully saturated rings. The Bertz CT molecular complexity index is 1100. The van der Waals surface area contributed by atoms with Crippen LogP contribution in [0.4, 0.5) is 0 Å². The lowest BCUT2D eigenvalue weighted by atomic mass is 9.96. The van der Waals surface area contributed by atoms with Gasteiger partial charge in [0.05, 0.1) is 0 Å². The van der Waals surface area contributed by atoms with Crippen LogP contribution in [0.25, 0.3) is 22.2 Å². The highest BCUT2D eigenvalue weighted by Crippen LogP contribution is 2.30. The van der Waals surface area contributed by atoms with Crippen molar-refractivity contribution in [3.05, 3.63) is 84.8 Å². The van der Waals surface area contributed by atoms with Gasteiger partial charge >= 0.3 is 0 Å². The Hall–Kier alpha value is -3.15. The van der Waals surface area contributed by atoms with Crippen LogP contribution < -0.4 is 4.74 Å². The lowest BCUT2D eigenvalue weighted by Crippen LogP contribution is -2.40. The largest absolute Gasteiger partial charge is 0.491 e. The molecular weight excluding hydrogens is 400 g/mol. The number of likely N-dealkylation sites (tertiary alicyclic amines) is 1. The fraction of sp³-hybridized carbons (Fsp3) is 0.296. The fourth-order valence-corrected chi connectivity index (χ4v) is 4.34. The van der Waals surface area contributed by atoms with Gasteiger partial charge in [-0.1, -0.05) is 54.6 Å². The number of fused-ring (bicyclic) bond motifs is 1. The summed E-state index contributed by atoms with van der Waals surface area (Å²) in [6, 6.07) is 26.2. The zero-order valence-corrected chi connectivity index (χ0v) is 18.1. The summed E-state index contributed by atoms with van der Waals surface area (Å²) in [5.41, 5.74) is 4.12. The summed E-state index contributed by atoms with van der Waals surface area (Å²) in [5, 5.41) is 10.5. The molecule has 5 rings (SSSR count). The number of benzene rings is 3. The van der Waals surface area contributed by atoms with Crippen LogP contribution in [0.2, 0.25) is 0 Å². The minimum atomic E-state index is -0.523. The van der Waals surface area contributed by atoms with E-state index in [1.807, 2.05) is 66.7 Å². The molecule has 32 heavy (non-hydrogen) atoms. The van der Waals surface area contributed by atoms with Gasteiger partial charge in [-0.25, -0.2) is 4.98 Å². The highest BCUT2D eigenvalue weighted by Gasteiger charge is 2.25. The van der Waals surface area contributed by atoms with Gasteiger partial charge in [0.2, 0.25) is 0 Å². The van der Waals surface area contributed by atoms with Gasteiger partial charge in [0.15, 0.2) is 11.5 Å². The number of aliphatic hydroxyl groups excluding tert-OH is 1. The van der Waals surface area contributed by atoms with E-state index in [2.05, 4.69) is 22.0 Å². The van der Waals surface area contributed by atoms with Crippen LogP contribution in [0.3, 0.4) is 0 Å². The first kappa shape index (κ1) is 20.7. The van der Waals surface area contributed by atoms with Gasteiger partial charge in [-0.05, 0) is 61.3 Å². The van der Waals surface area contributed by atoms with E-state index < -0.39 is 6.10 Å². The van der Waals surface area contributed by atoms with Crippen LogP contribution in [0.5, 0.6) is 5.75 Å². The smallest absolute Gasteiger partial charge is 0.198 e. The van der Waals surface area contributed by atoms with E-state index in [1.54, 1.807) is 0 Å². The van der Waals surface area contributed by atoms with Crippen molar-refractivity contribution in [1.82, 2.24) is 9.88 Å². The van der Waals surface area contributed by atoms with E-state index >= 15 is 0 Å². The zero-order valence-electron chi connectivity index (χ0n) is 18.1. The standard InChI is InChI=1S/C27H28N2O3/c30-23(19-31-24-12-10-21(11-13-24)20-6-2-1-3-7-20)18-29-16-14-22(15-17-29)27-28-25-8-4-5-9-26(25)32-27/h1-13,22-23,30H,14-19H2. The molecule has 2 heterocycles. The Balaban J connectivity index is 1.08. The first-order valence-electron chi connectivity index (χ1n) is 11.3. The highest BCUT2D eigenvalue weighted by atomic mass is 16.5. The molecule has 5 nitrogen and oxygen atoms in total. The number of β-amino-alcohol motifs (C(OH)–C–C–N with tert-alkyl or cyclic N) is 1. The van der Waals surface area contributed by atoms with Gasteiger partial charge in [-0.2, -0.15) is 0 Å². The first-order chi connectivity index (χ1) is 15.7. The maximum atomic E-state index is 10.5. The molecule has 5 heteroatoms. The van der Waals surface area contributed by atoms with E-state index in [1.165, 1.54) is 5.56 Å². The van der Waals surface area contributed by atoms with Crippen molar-refractivity contribution < 1.29 is 14.3 Å². The second-order valence-electron chi connectivity index (χ2n) is 8.45. The average Bonchev–Trinajstić information content (AvgIpc) is 3.28. The molecule has 3 aromatic carbocycles. The fourth-order valence-electron chi connectivity index (χ4n) is 4.34. The molecule has 0 bridgehead atoms. The topological polar surface area (TPSA) is 58.7 Å². The summed E-state index contributed by atoms with van der Waals surface area (Å²) in [5.74, 6) is 1.96. The molecule has 1 aliphatic heterocycles. The Morgan fingerprint density at radius 1 is 0.906 bits per heavy atom. The van der Waals surface area contributed by atoms with Crippen molar-refractivity contribution in [2.45, 2.75) is 24.9 Å². The molecular formula is C27H28N2O3. The van der Waals surface area contributed by atoms with Crippen molar-refractivity contribution in [3.8, 4) is 16.9 Å². The summed E-state index contributed by atoms with van der Waals surface area (Å²) < 4.78 is 11.8. The SMILES string of the molecule is OC(COc1ccc(-c2ccccc2)cc1)CN1CCC(c2nc3ccccc3o2)CC1. The Morgan fingerprint density at radius 2 is 1.59 bits per heavy atom. The van der Waals surface area contributed by atoms with Gasteiger partial charge in [0.1, 0.15) is 24.0 Å². The third kappa shape index (κ3) is 4.85. The average molecular weight is 429 g/mol. The predicted octanol–water partition coefficient (Wildman–Crippen LogP) is 5.11. The minimum Gasteiger partial charge on any atom is -0.491 e. The van der Waals surface area contributed by atoms with Crippen molar-refractivity contribution in [2.75, 3.05) is 26.2 Å². The zero-order chi connectivity index (χ0) is 21.8. The number of rotatable bonds is 7. The third-order valence-corrected chi connectivity index (χ3v) is 6.12. The van der Waals surface area contributed by atoms with Crippen LogP contribution >= 0.6 is 0 Å². The predicted molar refractivity (Wildman–Crippen MR) is 126 cm³/mol. The summed E-state index contributed by atoms with van der Waals surface area (Å²) in [7, 11) is 0. The highest BCUT2D eigenvalue weighted by molar-refractivity contribution is 5.72. The number of piperidine rings is 1. The Morgan fingerprint density at radius 3 is 2.34 bits per heavy atom. The molecule has 1 aliphatic rings. The number of aromatic nitrogens is 1. The number of aliphatic hydroxyl groups is 1. The number of hydrogen-bond donors (Lipinski definition) is 1. The lowest BCUT2D eigenvalue weighted by Gasteiger charge is -2.31. The normalized spacial score (nSPS) is 16.3. The van der Waals surface area contributed by atoms with Crippen LogP contribution in [-0.4, -0.2) is 47.3 Å². The van der Waals surface area contributed by atoms with E-state index in [0.29, 0.717) is 12.5 Å². The molecule has 164 valence electrons. The molecule has 1 unspecified atom stereocenters. The summed E-state index contributed by atoms with van der Waals surface area (Å²) in [4.78, 5) is 6.95. The van der Waals surface area contributed by atoms with Gasteiger partial charge in [-0.15, -0.1) is 0 Å². The third-order valence-electron chi connectivity index (χ3n) is 6.12. The summed E-state index contributed by atoms with van der Waals surface area (Å²) in [6.07, 6.45) is 1.45. The van der Waals surface area contributed by atoms with E-state index in [4.69, 9.17) is 9.15 Å². The maximum Gasteiger partial charge on any atom is 0.198 e. The minimum absolute atomic E-state index is 0.287. The second kappa shape index (κ2) is 9.55. The van der Waals surface area contributed by atoms with E-state index in [9.17, 15) is 5.11 Å². The molecule has 0 saturated carbocycles. The molecule has 1 aromatic heterocycles. The monoisotopic (exact) mass is 428 g/mol. The van der Waals surface area contributed by atoms with E-state index in [0.717, 1.165) is 54.2 Å². The van der Waals surface area contributed by atoms with Crippen LogP contribution in [0, 0.1) is 0 Å². The quantitative estimate of drug-likeness (QED) is 0.443. The molecule has 1 N–H and O–H groups in total. The van der Waals surface area contributed by atoms with Crippen LogP contribution in [0.15, 0.2) is 83.3 Å². The van der Waals surface area contributed by atoms with Crippen molar-refractivity contribution in [1.29, 1.82) is 0 Å². The number of nitrogens with zero attached hydrogens (tertiary/aromatic N) is 2. The lowest BCUT2D eigenvalue weighted by molar-refractivity contribution is 0.0583. The molecule has 0 radical (unpaired) electrons. The molecule has 0 amide bonds. The van der Waals surface area contributed by atoms with Crippen molar-refractivity contribution >= 4 is 11.1 Å². The molecule has 4 aromatic rings. The van der Waals surface area contributed by atoms with Gasteiger partial charge < -0.3 is 19.2 Å². The number of hydrogen-bond acceptors (Lipinski definition) is 5. The molecule has 1 atom stereocenters. The van der Waals surface area contributed by atoms with Gasteiger partial charge in [0, 0.05) is 12.5 Å². The van der Waals surface area contributed by atoms with Gasteiger partial charge in [0.25, 0.3) is 0 Å². The van der Waals surface area contributed by atoms with Crippen molar-refractivity contribution in [2.24, 2.45) is 0 Å².